The third-order valence-electron chi connectivity index (χ3n) is 4.10. The molecule has 0 saturated carbocycles. The molecular formula is C19H21N3O3. The van der Waals surface area contributed by atoms with Gasteiger partial charge in [0.15, 0.2) is 11.5 Å². The van der Waals surface area contributed by atoms with Gasteiger partial charge in [-0.25, -0.2) is 4.68 Å². The first-order valence-corrected chi connectivity index (χ1v) is 8.02. The van der Waals surface area contributed by atoms with Crippen LogP contribution in [0.5, 0.6) is 17.2 Å². The van der Waals surface area contributed by atoms with Crippen LogP contribution in [0.15, 0.2) is 42.6 Å². The lowest BCUT2D eigenvalue weighted by molar-refractivity contribution is 0.347. The fraction of sp³-hybridized carbons (Fsp3) is 0.263. The van der Waals surface area contributed by atoms with Crippen molar-refractivity contribution in [1.29, 1.82) is 0 Å². The van der Waals surface area contributed by atoms with Gasteiger partial charge in [0, 0.05) is 17.7 Å². The zero-order valence-corrected chi connectivity index (χ0v) is 14.8. The number of benzene rings is 2. The largest absolute Gasteiger partial charge is 0.497 e. The minimum Gasteiger partial charge on any atom is -0.497 e. The predicted molar refractivity (Wildman–Crippen MR) is 95.8 cm³/mol. The van der Waals surface area contributed by atoms with E-state index < -0.39 is 0 Å². The highest BCUT2D eigenvalue weighted by Gasteiger charge is 2.18. The van der Waals surface area contributed by atoms with Gasteiger partial charge in [-0.1, -0.05) is 36.4 Å². The second-order valence-electron chi connectivity index (χ2n) is 5.46. The number of ether oxygens (including phenoxy) is 3. The Morgan fingerprint density at radius 2 is 1.72 bits per heavy atom. The highest BCUT2D eigenvalue weighted by molar-refractivity contribution is 5.66. The maximum Gasteiger partial charge on any atom is 0.186 e. The first-order chi connectivity index (χ1) is 12.2. The van der Waals surface area contributed by atoms with Crippen LogP contribution in [0.4, 0.5) is 0 Å². The zero-order chi connectivity index (χ0) is 17.8. The maximum absolute atomic E-state index is 5.55. The molecule has 1 aromatic heterocycles. The van der Waals surface area contributed by atoms with Gasteiger partial charge < -0.3 is 14.2 Å². The Kier molecular flexibility index (Phi) is 4.88. The van der Waals surface area contributed by atoms with E-state index in [1.54, 1.807) is 38.3 Å². The van der Waals surface area contributed by atoms with E-state index in [2.05, 4.69) is 41.5 Å². The van der Waals surface area contributed by atoms with Crippen molar-refractivity contribution in [1.82, 2.24) is 15.0 Å². The summed E-state index contributed by atoms with van der Waals surface area (Å²) in [5, 5.41) is 8.32. The van der Waals surface area contributed by atoms with Crippen molar-refractivity contribution >= 4 is 0 Å². The topological polar surface area (TPSA) is 58.4 Å². The first kappa shape index (κ1) is 16.8. The van der Waals surface area contributed by atoms with Gasteiger partial charge in [-0.3, -0.25) is 0 Å². The van der Waals surface area contributed by atoms with Gasteiger partial charge in [0.1, 0.15) is 11.4 Å². The molecule has 6 heteroatoms. The van der Waals surface area contributed by atoms with Gasteiger partial charge in [-0.05, 0) is 12.0 Å². The fourth-order valence-electron chi connectivity index (χ4n) is 2.72. The maximum atomic E-state index is 5.55. The monoisotopic (exact) mass is 339 g/mol. The SMILES string of the molecule is CCc1ccc(-c2cnnn2-c2cc(OC)cc(OC)c2OC)cc1. The lowest BCUT2D eigenvalue weighted by atomic mass is 10.1. The number of hydrogen-bond acceptors (Lipinski definition) is 5. The standard InChI is InChI=1S/C19H21N3O3/c1-5-13-6-8-14(9-7-13)17-12-20-21-22(17)16-10-15(23-2)11-18(24-3)19(16)25-4/h6-12H,5H2,1-4H3. The Balaban J connectivity index is 2.16. The smallest absolute Gasteiger partial charge is 0.186 e. The summed E-state index contributed by atoms with van der Waals surface area (Å²) in [7, 11) is 4.80. The third-order valence-corrected chi connectivity index (χ3v) is 4.10. The van der Waals surface area contributed by atoms with Crippen LogP contribution in [0.1, 0.15) is 12.5 Å². The Labute approximate surface area is 147 Å². The molecule has 0 bridgehead atoms. The van der Waals surface area contributed by atoms with Crippen LogP contribution in [-0.2, 0) is 6.42 Å². The molecule has 0 radical (unpaired) electrons. The molecule has 0 aliphatic rings. The minimum atomic E-state index is 0.569. The van der Waals surface area contributed by atoms with Crippen LogP contribution in [0.25, 0.3) is 16.9 Å². The molecule has 0 spiro atoms. The zero-order valence-electron chi connectivity index (χ0n) is 14.8. The second-order valence-corrected chi connectivity index (χ2v) is 5.46. The van der Waals surface area contributed by atoms with Crippen molar-refractivity contribution in [2.75, 3.05) is 21.3 Å². The molecule has 0 unspecified atom stereocenters. The highest BCUT2D eigenvalue weighted by atomic mass is 16.5. The molecule has 0 aliphatic carbocycles. The quantitative estimate of drug-likeness (QED) is 0.688. The van der Waals surface area contributed by atoms with Gasteiger partial charge in [-0.15, -0.1) is 5.10 Å². The summed E-state index contributed by atoms with van der Waals surface area (Å²) in [5.74, 6) is 1.79. The summed E-state index contributed by atoms with van der Waals surface area (Å²) in [5.41, 5.74) is 3.86. The second kappa shape index (κ2) is 7.25. The number of nitrogens with zero attached hydrogens (tertiary/aromatic N) is 3. The molecule has 6 nitrogen and oxygen atoms in total. The van der Waals surface area contributed by atoms with Crippen molar-refractivity contribution in [2.45, 2.75) is 13.3 Å². The van der Waals surface area contributed by atoms with E-state index >= 15 is 0 Å². The average molecular weight is 339 g/mol. The van der Waals surface area contributed by atoms with E-state index in [0.717, 1.165) is 17.7 Å². The van der Waals surface area contributed by atoms with Crippen molar-refractivity contribution in [3.8, 4) is 34.2 Å². The van der Waals surface area contributed by atoms with E-state index in [1.807, 2.05) is 6.07 Å². The minimum absolute atomic E-state index is 0.569. The van der Waals surface area contributed by atoms with E-state index in [-0.39, 0.29) is 0 Å². The summed E-state index contributed by atoms with van der Waals surface area (Å²) >= 11 is 0. The van der Waals surface area contributed by atoms with Crippen LogP contribution >= 0.6 is 0 Å². The van der Waals surface area contributed by atoms with Crippen molar-refractivity contribution < 1.29 is 14.2 Å². The Morgan fingerprint density at radius 1 is 0.960 bits per heavy atom. The number of methoxy groups -OCH3 is 3. The number of rotatable bonds is 6. The molecule has 0 amide bonds. The summed E-state index contributed by atoms with van der Waals surface area (Å²) in [6, 6.07) is 12.0. The Morgan fingerprint density at radius 3 is 2.32 bits per heavy atom. The van der Waals surface area contributed by atoms with Crippen molar-refractivity contribution in [3.05, 3.63) is 48.2 Å². The van der Waals surface area contributed by atoms with Gasteiger partial charge in [0.05, 0.1) is 33.2 Å². The first-order valence-electron chi connectivity index (χ1n) is 8.02. The number of aryl methyl sites for hydroxylation is 1. The molecule has 0 atom stereocenters. The average Bonchev–Trinajstić information content (AvgIpc) is 3.16. The molecule has 0 fully saturated rings. The molecule has 2 aromatic carbocycles. The van der Waals surface area contributed by atoms with Gasteiger partial charge in [0.2, 0.25) is 0 Å². The van der Waals surface area contributed by atoms with E-state index in [0.29, 0.717) is 22.9 Å². The van der Waals surface area contributed by atoms with Crippen LogP contribution in [0.3, 0.4) is 0 Å². The predicted octanol–water partition coefficient (Wildman–Crippen LogP) is 3.52. The molecule has 0 aliphatic heterocycles. The highest BCUT2D eigenvalue weighted by Crippen LogP contribution is 2.39. The molecule has 0 saturated heterocycles. The molecule has 1 heterocycles. The van der Waals surface area contributed by atoms with Gasteiger partial charge in [0.25, 0.3) is 0 Å². The van der Waals surface area contributed by atoms with E-state index in [9.17, 15) is 0 Å². The third kappa shape index (κ3) is 3.15. The van der Waals surface area contributed by atoms with Crippen molar-refractivity contribution in [3.63, 3.8) is 0 Å². The van der Waals surface area contributed by atoms with Crippen LogP contribution < -0.4 is 14.2 Å². The Hall–Kier alpha value is -3.02. The van der Waals surface area contributed by atoms with E-state index in [1.165, 1.54) is 5.56 Å². The number of hydrogen-bond donors (Lipinski definition) is 0. The Bertz CT molecular complexity index is 857. The summed E-state index contributed by atoms with van der Waals surface area (Å²) in [4.78, 5) is 0. The lowest BCUT2D eigenvalue weighted by Gasteiger charge is -2.15. The van der Waals surface area contributed by atoms with Crippen LogP contribution in [0, 0.1) is 0 Å². The molecule has 3 rings (SSSR count). The normalized spacial score (nSPS) is 10.6. The molecule has 130 valence electrons. The molecule has 3 aromatic rings. The van der Waals surface area contributed by atoms with Gasteiger partial charge in [-0.2, -0.15) is 0 Å². The van der Waals surface area contributed by atoms with E-state index in [4.69, 9.17) is 14.2 Å². The molecular weight excluding hydrogens is 318 g/mol. The molecule has 0 N–H and O–H groups in total. The summed E-state index contributed by atoms with van der Waals surface area (Å²) in [6.07, 6.45) is 2.73. The summed E-state index contributed by atoms with van der Waals surface area (Å²) in [6.45, 7) is 2.13. The summed E-state index contributed by atoms with van der Waals surface area (Å²) < 4.78 is 18.1. The van der Waals surface area contributed by atoms with Crippen molar-refractivity contribution in [2.24, 2.45) is 0 Å². The van der Waals surface area contributed by atoms with Crippen LogP contribution in [-0.4, -0.2) is 36.3 Å². The molecule has 25 heavy (non-hydrogen) atoms. The van der Waals surface area contributed by atoms with Gasteiger partial charge >= 0.3 is 0 Å². The fourth-order valence-corrected chi connectivity index (χ4v) is 2.72. The lowest BCUT2D eigenvalue weighted by Crippen LogP contribution is -2.04. The van der Waals surface area contributed by atoms with Crippen LogP contribution in [0.2, 0.25) is 0 Å². The number of aromatic nitrogens is 3.